The summed E-state index contributed by atoms with van der Waals surface area (Å²) in [4.78, 5) is 22.3. The zero-order valence-electron chi connectivity index (χ0n) is 9.48. The lowest BCUT2D eigenvalue weighted by molar-refractivity contribution is -0.120. The van der Waals surface area contributed by atoms with Gasteiger partial charge in [0.15, 0.2) is 0 Å². The fourth-order valence-corrected chi connectivity index (χ4v) is 2.34. The Kier molecular flexibility index (Phi) is 3.13. The molecule has 0 amide bonds. The smallest absolute Gasteiger partial charge is 0.335 e. The molecule has 2 rings (SSSR count). The predicted octanol–water partition coefficient (Wildman–Crippen LogP) is 2.19. The average molecular weight is 233 g/mol. The van der Waals surface area contributed by atoms with Gasteiger partial charge in [0.25, 0.3) is 0 Å². The lowest BCUT2D eigenvalue weighted by Gasteiger charge is -2.21. The second-order valence-corrected chi connectivity index (χ2v) is 4.53. The lowest BCUT2D eigenvalue weighted by Crippen LogP contribution is -2.14. The van der Waals surface area contributed by atoms with Crippen LogP contribution in [0.1, 0.15) is 47.5 Å². The number of carboxylic acid groups (broad SMARTS) is 1. The summed E-state index contributed by atoms with van der Waals surface area (Å²) in [6, 6.07) is 4.84. The largest absolute Gasteiger partial charge is 0.478 e. The number of nitrogen functional groups attached to an aromatic ring is 1. The summed E-state index contributed by atoms with van der Waals surface area (Å²) in [6.45, 7) is 0. The van der Waals surface area contributed by atoms with Crippen molar-refractivity contribution >= 4 is 17.4 Å². The summed E-state index contributed by atoms with van der Waals surface area (Å²) in [6.07, 6.45) is 2.95. The van der Waals surface area contributed by atoms with Gasteiger partial charge in [-0.15, -0.1) is 0 Å². The minimum absolute atomic E-state index is 0.123. The fraction of sp³-hybridized carbons (Fsp3) is 0.385. The molecule has 1 fully saturated rings. The number of carbonyl (C=O) groups excluding carboxylic acids is 1. The first-order valence-electron chi connectivity index (χ1n) is 5.71. The lowest BCUT2D eigenvalue weighted by atomic mass is 9.83. The van der Waals surface area contributed by atoms with Gasteiger partial charge in [0.2, 0.25) is 0 Å². The van der Waals surface area contributed by atoms with E-state index in [4.69, 9.17) is 10.8 Å². The topological polar surface area (TPSA) is 80.4 Å². The van der Waals surface area contributed by atoms with Gasteiger partial charge >= 0.3 is 5.97 Å². The van der Waals surface area contributed by atoms with Crippen LogP contribution in [0.2, 0.25) is 0 Å². The van der Waals surface area contributed by atoms with Crippen molar-refractivity contribution < 1.29 is 14.7 Å². The summed E-state index contributed by atoms with van der Waals surface area (Å²) >= 11 is 0. The predicted molar refractivity (Wildman–Crippen MR) is 64.0 cm³/mol. The van der Waals surface area contributed by atoms with E-state index in [9.17, 15) is 9.59 Å². The Hall–Kier alpha value is -1.84. The maximum Gasteiger partial charge on any atom is 0.335 e. The van der Waals surface area contributed by atoms with Crippen molar-refractivity contribution in [3.8, 4) is 0 Å². The molecule has 4 heteroatoms. The Bertz CT molecular complexity index is 468. The molecule has 1 unspecified atom stereocenters. The van der Waals surface area contributed by atoms with E-state index in [-0.39, 0.29) is 17.3 Å². The number of hydrogen-bond donors (Lipinski definition) is 2. The maximum absolute atomic E-state index is 11.4. The van der Waals surface area contributed by atoms with Crippen molar-refractivity contribution in [3.63, 3.8) is 0 Å². The van der Waals surface area contributed by atoms with Crippen LogP contribution in [-0.2, 0) is 4.79 Å². The average Bonchev–Trinajstić information content (AvgIpc) is 2.28. The van der Waals surface area contributed by atoms with E-state index in [1.165, 1.54) is 6.07 Å². The van der Waals surface area contributed by atoms with Gasteiger partial charge < -0.3 is 10.8 Å². The van der Waals surface area contributed by atoms with Crippen LogP contribution in [-0.4, -0.2) is 16.9 Å². The van der Waals surface area contributed by atoms with Crippen LogP contribution in [0.25, 0.3) is 0 Å². The third kappa shape index (κ3) is 2.64. The number of carboxylic acids is 1. The molecule has 4 nitrogen and oxygen atoms in total. The van der Waals surface area contributed by atoms with E-state index < -0.39 is 5.97 Å². The number of ketones is 1. The van der Waals surface area contributed by atoms with Crippen LogP contribution >= 0.6 is 0 Å². The molecular weight excluding hydrogens is 218 g/mol. The molecule has 1 saturated carbocycles. The van der Waals surface area contributed by atoms with Crippen LogP contribution in [0.15, 0.2) is 18.2 Å². The molecule has 0 saturated heterocycles. The third-order valence-electron chi connectivity index (χ3n) is 3.18. The molecule has 0 heterocycles. The van der Waals surface area contributed by atoms with Crippen molar-refractivity contribution in [1.82, 2.24) is 0 Å². The highest BCUT2D eigenvalue weighted by Gasteiger charge is 2.22. The van der Waals surface area contributed by atoms with E-state index in [1.54, 1.807) is 12.1 Å². The summed E-state index contributed by atoms with van der Waals surface area (Å²) < 4.78 is 0. The summed E-state index contributed by atoms with van der Waals surface area (Å²) in [5, 5.41) is 8.96. The molecule has 0 aromatic heterocycles. The molecule has 3 N–H and O–H groups in total. The van der Waals surface area contributed by atoms with Gasteiger partial charge in [0.1, 0.15) is 5.78 Å². The molecule has 0 aliphatic heterocycles. The first-order valence-corrected chi connectivity index (χ1v) is 5.71. The summed E-state index contributed by atoms with van der Waals surface area (Å²) in [7, 11) is 0. The standard InChI is InChI=1S/C13H15NO3/c14-11-5-9(4-10(6-11)13(16)17)8-2-1-3-12(15)7-8/h4-6,8H,1-3,7,14H2,(H,16,17). The van der Waals surface area contributed by atoms with E-state index in [1.807, 2.05) is 0 Å². The van der Waals surface area contributed by atoms with E-state index in [0.29, 0.717) is 18.5 Å². The molecule has 1 atom stereocenters. The normalized spacial score (nSPS) is 20.2. The summed E-state index contributed by atoms with van der Waals surface area (Å²) in [5.74, 6) is -0.612. The Balaban J connectivity index is 2.31. The number of nitrogens with two attached hydrogens (primary N) is 1. The van der Waals surface area contributed by atoms with Crippen molar-refractivity contribution in [1.29, 1.82) is 0 Å². The second-order valence-electron chi connectivity index (χ2n) is 4.53. The number of hydrogen-bond acceptors (Lipinski definition) is 3. The quantitative estimate of drug-likeness (QED) is 0.767. The second kappa shape index (κ2) is 4.57. The van der Waals surface area contributed by atoms with Crippen LogP contribution in [0.5, 0.6) is 0 Å². The van der Waals surface area contributed by atoms with E-state index >= 15 is 0 Å². The first-order chi connectivity index (χ1) is 8.06. The highest BCUT2D eigenvalue weighted by molar-refractivity contribution is 5.89. The van der Waals surface area contributed by atoms with Gasteiger partial charge in [0, 0.05) is 18.5 Å². The number of carbonyl (C=O) groups is 2. The number of aromatic carboxylic acids is 1. The molecular formula is C13H15NO3. The zero-order valence-corrected chi connectivity index (χ0v) is 9.48. The number of anilines is 1. The molecule has 0 bridgehead atoms. The van der Waals surface area contributed by atoms with Crippen molar-refractivity contribution in [2.75, 3.05) is 5.73 Å². The highest BCUT2D eigenvalue weighted by atomic mass is 16.4. The first kappa shape index (κ1) is 11.6. The van der Waals surface area contributed by atoms with Crippen molar-refractivity contribution in [2.24, 2.45) is 0 Å². The van der Waals surface area contributed by atoms with E-state index in [2.05, 4.69) is 0 Å². The Labute approximate surface area is 99.4 Å². The maximum atomic E-state index is 11.4. The number of rotatable bonds is 2. The minimum atomic E-state index is -0.985. The molecule has 90 valence electrons. The minimum Gasteiger partial charge on any atom is -0.478 e. The summed E-state index contributed by atoms with van der Waals surface area (Å²) in [5.41, 5.74) is 7.20. The van der Waals surface area contributed by atoms with Crippen molar-refractivity contribution in [2.45, 2.75) is 31.6 Å². The molecule has 1 aromatic carbocycles. The number of Topliss-reactive ketones (excluding diaryl/α,β-unsaturated/α-hetero) is 1. The van der Waals surface area contributed by atoms with Crippen LogP contribution in [0, 0.1) is 0 Å². The third-order valence-corrected chi connectivity index (χ3v) is 3.18. The van der Waals surface area contributed by atoms with E-state index in [0.717, 1.165) is 18.4 Å². The molecule has 17 heavy (non-hydrogen) atoms. The van der Waals surface area contributed by atoms with Gasteiger partial charge in [-0.1, -0.05) is 0 Å². The molecule has 0 spiro atoms. The van der Waals surface area contributed by atoms with Gasteiger partial charge in [-0.25, -0.2) is 4.79 Å². The highest BCUT2D eigenvalue weighted by Crippen LogP contribution is 2.32. The Morgan fingerprint density at radius 3 is 2.76 bits per heavy atom. The van der Waals surface area contributed by atoms with Crippen LogP contribution in [0.3, 0.4) is 0 Å². The van der Waals surface area contributed by atoms with Gasteiger partial charge in [0.05, 0.1) is 5.56 Å². The SMILES string of the molecule is Nc1cc(C(=O)O)cc(C2CCCC(=O)C2)c1. The zero-order chi connectivity index (χ0) is 12.4. The van der Waals surface area contributed by atoms with Gasteiger partial charge in [-0.3, -0.25) is 4.79 Å². The Morgan fingerprint density at radius 1 is 1.35 bits per heavy atom. The van der Waals surface area contributed by atoms with Crippen LogP contribution in [0.4, 0.5) is 5.69 Å². The van der Waals surface area contributed by atoms with Crippen LogP contribution < -0.4 is 5.73 Å². The monoisotopic (exact) mass is 233 g/mol. The molecule has 0 radical (unpaired) electrons. The van der Waals surface area contributed by atoms with Gasteiger partial charge in [-0.2, -0.15) is 0 Å². The molecule has 1 aromatic rings. The Morgan fingerprint density at radius 2 is 2.12 bits per heavy atom. The molecule has 1 aliphatic carbocycles. The molecule has 1 aliphatic rings. The fourth-order valence-electron chi connectivity index (χ4n) is 2.34. The van der Waals surface area contributed by atoms with Crippen molar-refractivity contribution in [3.05, 3.63) is 29.3 Å². The van der Waals surface area contributed by atoms with Gasteiger partial charge in [-0.05, 0) is 42.5 Å². The number of benzene rings is 1.